The Morgan fingerprint density at radius 2 is 1.91 bits per heavy atom. The van der Waals surface area contributed by atoms with Crippen LogP contribution in [0.25, 0.3) is 0 Å². The van der Waals surface area contributed by atoms with Crippen molar-refractivity contribution >= 4 is 0 Å². The van der Waals surface area contributed by atoms with Crippen molar-refractivity contribution in [3.8, 4) is 0 Å². The molecule has 2 atom stereocenters. The van der Waals surface area contributed by atoms with Crippen molar-refractivity contribution in [2.45, 2.75) is 32.4 Å². The molecule has 0 aromatic carbocycles. The van der Waals surface area contributed by atoms with E-state index in [1.54, 1.807) is 7.11 Å². The summed E-state index contributed by atoms with van der Waals surface area (Å²) in [5, 5.41) is 2.66. The third-order valence-corrected chi connectivity index (χ3v) is 1.51. The highest BCUT2D eigenvalue weighted by Gasteiger charge is 2.13. The maximum absolute atomic E-state index is 11.9. The van der Waals surface area contributed by atoms with E-state index in [9.17, 15) is 8.78 Å². The van der Waals surface area contributed by atoms with Crippen molar-refractivity contribution < 1.29 is 13.5 Å². The van der Waals surface area contributed by atoms with Gasteiger partial charge in [0.15, 0.2) is 0 Å². The first-order valence-corrected chi connectivity index (χ1v) is 3.62. The normalized spacial score (nSPS) is 16.9. The third-order valence-electron chi connectivity index (χ3n) is 1.51. The van der Waals surface area contributed by atoms with Crippen molar-refractivity contribution in [1.82, 2.24) is 5.32 Å². The van der Waals surface area contributed by atoms with Gasteiger partial charge < -0.3 is 10.1 Å². The lowest BCUT2D eigenvalue weighted by atomic mass is 10.3. The zero-order valence-electron chi connectivity index (χ0n) is 7.10. The second-order valence-electron chi connectivity index (χ2n) is 2.58. The Morgan fingerprint density at radius 1 is 1.36 bits per heavy atom. The van der Waals surface area contributed by atoms with Gasteiger partial charge in [0.1, 0.15) is 0 Å². The van der Waals surface area contributed by atoms with Crippen LogP contribution in [0.4, 0.5) is 8.78 Å². The zero-order valence-corrected chi connectivity index (χ0v) is 7.10. The minimum absolute atomic E-state index is 0.0174. The Labute approximate surface area is 65.9 Å². The summed E-state index contributed by atoms with van der Waals surface area (Å²) in [6.07, 6.45) is -2.32. The molecular formula is C7H15F2NO. The number of hydrogen-bond donors (Lipinski definition) is 1. The summed E-state index contributed by atoms with van der Waals surface area (Å²) in [5.41, 5.74) is 0. The van der Waals surface area contributed by atoms with E-state index in [2.05, 4.69) is 5.32 Å². The second kappa shape index (κ2) is 5.43. The molecule has 4 heteroatoms. The molecule has 0 aliphatic carbocycles. The molecule has 0 heterocycles. The number of alkyl halides is 2. The molecular weight excluding hydrogens is 152 g/mol. The Balaban J connectivity index is 3.37. The van der Waals surface area contributed by atoms with Gasteiger partial charge in [-0.2, -0.15) is 0 Å². The lowest BCUT2D eigenvalue weighted by Gasteiger charge is -2.15. The van der Waals surface area contributed by atoms with Gasteiger partial charge in [0.05, 0.1) is 12.1 Å². The van der Waals surface area contributed by atoms with E-state index in [1.165, 1.54) is 6.92 Å². The Kier molecular flexibility index (Phi) is 5.32. The number of rotatable bonds is 5. The average Bonchev–Trinajstić information content (AvgIpc) is 1.99. The van der Waals surface area contributed by atoms with Gasteiger partial charge in [-0.15, -0.1) is 0 Å². The summed E-state index contributed by atoms with van der Waals surface area (Å²) < 4.78 is 28.6. The third kappa shape index (κ3) is 5.09. The van der Waals surface area contributed by atoms with Crippen LogP contribution in [-0.2, 0) is 4.74 Å². The van der Waals surface area contributed by atoms with Gasteiger partial charge in [-0.3, -0.25) is 0 Å². The minimum atomic E-state index is -2.31. The lowest BCUT2D eigenvalue weighted by molar-refractivity contribution is 0.0811. The fourth-order valence-electron chi connectivity index (χ4n) is 0.524. The Morgan fingerprint density at radius 3 is 2.27 bits per heavy atom. The molecule has 0 aliphatic heterocycles. The molecule has 0 saturated carbocycles. The van der Waals surface area contributed by atoms with Gasteiger partial charge in [-0.1, -0.05) is 0 Å². The molecule has 0 aromatic heterocycles. The zero-order chi connectivity index (χ0) is 8.85. The molecule has 0 aromatic rings. The first kappa shape index (κ1) is 10.8. The summed E-state index contributed by atoms with van der Waals surface area (Å²) in [7, 11) is 1.55. The van der Waals surface area contributed by atoms with E-state index in [4.69, 9.17) is 4.74 Å². The molecule has 0 saturated heterocycles. The van der Waals surface area contributed by atoms with Crippen LogP contribution in [0.3, 0.4) is 0 Å². The first-order valence-electron chi connectivity index (χ1n) is 3.62. The molecule has 0 amide bonds. The highest BCUT2D eigenvalue weighted by atomic mass is 19.3. The fraction of sp³-hybridized carbons (Fsp3) is 1.00. The topological polar surface area (TPSA) is 21.3 Å². The monoisotopic (exact) mass is 167 g/mol. The molecule has 2 unspecified atom stereocenters. The molecule has 68 valence electrons. The SMILES string of the molecule is COC(C)CNC(C)C(F)F. The van der Waals surface area contributed by atoms with E-state index in [0.29, 0.717) is 6.54 Å². The number of hydrogen-bond acceptors (Lipinski definition) is 2. The molecule has 0 rings (SSSR count). The number of ether oxygens (including phenoxy) is 1. The van der Waals surface area contributed by atoms with Crippen LogP contribution >= 0.6 is 0 Å². The van der Waals surface area contributed by atoms with E-state index in [1.807, 2.05) is 6.92 Å². The van der Waals surface area contributed by atoms with Crippen LogP contribution in [0.1, 0.15) is 13.8 Å². The van der Waals surface area contributed by atoms with Crippen molar-refractivity contribution in [3.05, 3.63) is 0 Å². The summed E-state index contributed by atoms with van der Waals surface area (Å²) in [6.45, 7) is 3.74. The first-order chi connectivity index (χ1) is 5.07. The maximum Gasteiger partial charge on any atom is 0.253 e. The van der Waals surface area contributed by atoms with Crippen LogP contribution in [0.5, 0.6) is 0 Å². The number of halogens is 2. The average molecular weight is 167 g/mol. The quantitative estimate of drug-likeness (QED) is 0.665. The standard InChI is InChI=1S/C7H15F2NO/c1-5(11-3)4-10-6(2)7(8)9/h5-7,10H,4H2,1-3H3. The summed E-state index contributed by atoms with van der Waals surface area (Å²) in [6, 6.07) is -0.757. The Hall–Kier alpha value is -0.220. The van der Waals surface area contributed by atoms with E-state index in [-0.39, 0.29) is 6.10 Å². The molecule has 0 fully saturated rings. The fourth-order valence-corrected chi connectivity index (χ4v) is 0.524. The van der Waals surface area contributed by atoms with Crippen LogP contribution in [0.2, 0.25) is 0 Å². The molecule has 0 bridgehead atoms. The number of methoxy groups -OCH3 is 1. The predicted octanol–water partition coefficient (Wildman–Crippen LogP) is 1.26. The van der Waals surface area contributed by atoms with Gasteiger partial charge in [0.2, 0.25) is 0 Å². The van der Waals surface area contributed by atoms with Gasteiger partial charge in [0, 0.05) is 13.7 Å². The highest BCUT2D eigenvalue weighted by molar-refractivity contribution is 4.64. The van der Waals surface area contributed by atoms with Crippen LogP contribution in [0.15, 0.2) is 0 Å². The summed E-state index contributed by atoms with van der Waals surface area (Å²) in [5.74, 6) is 0. The molecule has 0 radical (unpaired) electrons. The van der Waals surface area contributed by atoms with Gasteiger partial charge in [-0.05, 0) is 13.8 Å². The summed E-state index contributed by atoms with van der Waals surface area (Å²) in [4.78, 5) is 0. The highest BCUT2D eigenvalue weighted by Crippen LogP contribution is 1.99. The van der Waals surface area contributed by atoms with Crippen molar-refractivity contribution in [2.24, 2.45) is 0 Å². The van der Waals surface area contributed by atoms with Crippen molar-refractivity contribution in [3.63, 3.8) is 0 Å². The minimum Gasteiger partial charge on any atom is -0.380 e. The maximum atomic E-state index is 11.9. The Bertz CT molecular complexity index is 100. The van der Waals surface area contributed by atoms with E-state index >= 15 is 0 Å². The lowest BCUT2D eigenvalue weighted by Crippen LogP contribution is -2.37. The van der Waals surface area contributed by atoms with Gasteiger partial charge in [0.25, 0.3) is 6.43 Å². The summed E-state index contributed by atoms with van der Waals surface area (Å²) >= 11 is 0. The van der Waals surface area contributed by atoms with Crippen LogP contribution < -0.4 is 5.32 Å². The second-order valence-corrected chi connectivity index (χ2v) is 2.58. The largest absolute Gasteiger partial charge is 0.380 e. The molecule has 0 spiro atoms. The van der Waals surface area contributed by atoms with Gasteiger partial charge in [-0.25, -0.2) is 8.78 Å². The van der Waals surface area contributed by atoms with Crippen LogP contribution in [0, 0.1) is 0 Å². The molecule has 0 aliphatic rings. The molecule has 2 nitrogen and oxygen atoms in total. The molecule has 11 heavy (non-hydrogen) atoms. The van der Waals surface area contributed by atoms with Gasteiger partial charge >= 0.3 is 0 Å². The van der Waals surface area contributed by atoms with Crippen molar-refractivity contribution in [2.75, 3.05) is 13.7 Å². The predicted molar refractivity (Wildman–Crippen MR) is 39.9 cm³/mol. The van der Waals surface area contributed by atoms with Crippen LogP contribution in [-0.4, -0.2) is 32.2 Å². The number of nitrogens with one attached hydrogen (secondary N) is 1. The molecule has 1 N–H and O–H groups in total. The van der Waals surface area contributed by atoms with E-state index in [0.717, 1.165) is 0 Å². The van der Waals surface area contributed by atoms with E-state index < -0.39 is 12.5 Å². The smallest absolute Gasteiger partial charge is 0.253 e. The van der Waals surface area contributed by atoms with Crippen molar-refractivity contribution in [1.29, 1.82) is 0 Å².